The van der Waals surface area contributed by atoms with Crippen molar-refractivity contribution < 1.29 is 52.8 Å². The largest absolute Gasteiger partial charge is 1.00 e. The third-order valence-electron chi connectivity index (χ3n) is 1.38. The van der Waals surface area contributed by atoms with Crippen LogP contribution in [0.25, 0.3) is 11.0 Å². The van der Waals surface area contributed by atoms with Crippen LogP contribution in [-0.4, -0.2) is 9.97 Å². The zero-order valence-corrected chi connectivity index (χ0v) is 9.48. The molecule has 11 heavy (non-hydrogen) atoms. The second-order valence-electron chi connectivity index (χ2n) is 2.05. The second-order valence-corrected chi connectivity index (χ2v) is 2.05. The number of para-hydroxylation sites is 2. The molecule has 0 aliphatic heterocycles. The van der Waals surface area contributed by atoms with Crippen molar-refractivity contribution in [2.45, 2.75) is 0 Å². The topological polar surface area (TPSA) is 25.8 Å². The Morgan fingerprint density at radius 2 is 1.36 bits per heavy atom. The van der Waals surface area contributed by atoms with Crippen LogP contribution in [0.3, 0.4) is 0 Å². The van der Waals surface area contributed by atoms with Crippen LogP contribution in [0, 0.1) is 0 Å². The van der Waals surface area contributed by atoms with Crippen molar-refractivity contribution in [1.29, 1.82) is 0 Å². The summed E-state index contributed by atoms with van der Waals surface area (Å²) < 4.78 is 0. The molecule has 0 bridgehead atoms. The molecule has 0 spiro atoms. The van der Waals surface area contributed by atoms with E-state index in [-0.39, 0.29) is 52.8 Å². The van der Waals surface area contributed by atoms with Crippen LogP contribution in [-0.2, 0) is 0 Å². The van der Waals surface area contributed by atoms with Crippen molar-refractivity contribution >= 4 is 11.0 Å². The molecule has 0 fully saturated rings. The smallest absolute Gasteiger partial charge is 1.00 e. The van der Waals surface area contributed by atoms with E-state index < -0.39 is 0 Å². The fraction of sp³-hybridized carbons (Fsp3) is 0. The van der Waals surface area contributed by atoms with Crippen LogP contribution in [0.4, 0.5) is 0 Å². The van der Waals surface area contributed by atoms with E-state index in [1.807, 2.05) is 24.3 Å². The minimum Gasteiger partial charge on any atom is -1.00 e. The zero-order valence-electron chi connectivity index (χ0n) is 7.36. The van der Waals surface area contributed by atoms with E-state index in [1.165, 1.54) is 0 Å². The molecule has 2 nitrogen and oxygen atoms in total. The number of aromatic nitrogens is 2. The van der Waals surface area contributed by atoms with Gasteiger partial charge in [-0.15, -0.1) is 0 Å². The van der Waals surface area contributed by atoms with Gasteiger partial charge in [-0.1, -0.05) is 12.1 Å². The first-order valence-corrected chi connectivity index (χ1v) is 3.12. The van der Waals surface area contributed by atoms with E-state index in [9.17, 15) is 0 Å². The number of hydrogen-bond acceptors (Lipinski definition) is 2. The van der Waals surface area contributed by atoms with Gasteiger partial charge >= 0.3 is 51.4 Å². The Morgan fingerprint density at radius 3 is 1.82 bits per heavy atom. The zero-order chi connectivity index (χ0) is 6.81. The van der Waals surface area contributed by atoms with Crippen LogP contribution in [0.1, 0.15) is 1.43 Å². The van der Waals surface area contributed by atoms with Gasteiger partial charge in [0.05, 0.1) is 11.0 Å². The Hall–Kier alpha value is 0.196. The normalized spacial score (nSPS) is 9.09. The molecule has 2 rings (SSSR count). The molecule has 0 saturated carbocycles. The van der Waals surface area contributed by atoms with Gasteiger partial charge in [0.2, 0.25) is 0 Å². The minimum atomic E-state index is 0. The van der Waals surface area contributed by atoms with Crippen molar-refractivity contribution in [3.63, 3.8) is 0 Å². The summed E-state index contributed by atoms with van der Waals surface area (Å²) in [6.45, 7) is 0. The molecule has 0 radical (unpaired) electrons. The molecule has 1 heterocycles. The average Bonchev–Trinajstić information content (AvgIpc) is 2.05. The molecule has 2 aromatic rings. The fourth-order valence-electron chi connectivity index (χ4n) is 0.910. The van der Waals surface area contributed by atoms with Gasteiger partial charge in [-0.05, 0) is 12.1 Å². The summed E-state index contributed by atoms with van der Waals surface area (Å²) in [7, 11) is 0. The maximum atomic E-state index is 4.12. The van der Waals surface area contributed by atoms with E-state index in [1.54, 1.807) is 12.4 Å². The third kappa shape index (κ3) is 2.07. The van der Waals surface area contributed by atoms with Gasteiger partial charge in [-0.3, -0.25) is 9.97 Å². The van der Waals surface area contributed by atoms with Crippen molar-refractivity contribution in [2.75, 3.05) is 0 Å². The quantitative estimate of drug-likeness (QED) is 0.462. The van der Waals surface area contributed by atoms with Crippen LogP contribution in [0.5, 0.6) is 0 Å². The first-order chi connectivity index (χ1) is 4.97. The van der Waals surface area contributed by atoms with Gasteiger partial charge in [-0.25, -0.2) is 0 Å². The molecule has 50 valence electrons. The Morgan fingerprint density at radius 1 is 0.909 bits per heavy atom. The molecule has 0 N–H and O–H groups in total. The molecule has 1 aromatic heterocycles. The number of hydrogen-bond donors (Lipinski definition) is 0. The summed E-state index contributed by atoms with van der Waals surface area (Å²) in [5.41, 5.74) is 1.90. The molecule has 0 unspecified atom stereocenters. The van der Waals surface area contributed by atoms with Crippen molar-refractivity contribution in [2.24, 2.45) is 0 Å². The van der Waals surface area contributed by atoms with Gasteiger partial charge in [0.25, 0.3) is 0 Å². The summed E-state index contributed by atoms with van der Waals surface area (Å²) >= 11 is 0. The summed E-state index contributed by atoms with van der Waals surface area (Å²) in [5.74, 6) is 0. The molecule has 0 atom stereocenters. The molecular formula is C8H7KN2. The van der Waals surface area contributed by atoms with Gasteiger partial charge in [0.1, 0.15) is 0 Å². The van der Waals surface area contributed by atoms with Crippen molar-refractivity contribution in [1.82, 2.24) is 9.97 Å². The standard InChI is InChI=1S/C8H6N2.K.H/c1-2-4-8-7(3-1)9-5-6-10-8;;/h1-6H;;/q;+1;-1. The Kier molecular flexibility index (Phi) is 3.61. The van der Waals surface area contributed by atoms with E-state index in [2.05, 4.69) is 9.97 Å². The maximum Gasteiger partial charge on any atom is 1.00 e. The van der Waals surface area contributed by atoms with Gasteiger partial charge in [-0.2, -0.15) is 0 Å². The summed E-state index contributed by atoms with van der Waals surface area (Å²) in [6.07, 6.45) is 3.39. The predicted molar refractivity (Wildman–Crippen MR) is 40.7 cm³/mol. The number of nitrogens with zero attached hydrogens (tertiary/aromatic N) is 2. The Bertz CT molecular complexity index is 288. The van der Waals surface area contributed by atoms with E-state index >= 15 is 0 Å². The van der Waals surface area contributed by atoms with Crippen LogP contribution in [0.2, 0.25) is 0 Å². The monoisotopic (exact) mass is 170 g/mol. The summed E-state index contributed by atoms with van der Waals surface area (Å²) in [6, 6.07) is 7.80. The van der Waals surface area contributed by atoms with E-state index in [4.69, 9.17) is 0 Å². The minimum absolute atomic E-state index is 0. The van der Waals surface area contributed by atoms with Gasteiger partial charge < -0.3 is 1.43 Å². The van der Waals surface area contributed by atoms with E-state index in [0.717, 1.165) is 11.0 Å². The summed E-state index contributed by atoms with van der Waals surface area (Å²) in [4.78, 5) is 8.24. The Balaban J connectivity index is 0.000000605. The number of fused-ring (bicyclic) bond motifs is 1. The van der Waals surface area contributed by atoms with Crippen molar-refractivity contribution in [3.05, 3.63) is 36.7 Å². The van der Waals surface area contributed by atoms with E-state index in [0.29, 0.717) is 0 Å². The Labute approximate surface area is 109 Å². The van der Waals surface area contributed by atoms with Crippen LogP contribution >= 0.6 is 0 Å². The molecule has 0 aliphatic rings. The third-order valence-corrected chi connectivity index (χ3v) is 1.38. The molecular weight excluding hydrogens is 163 g/mol. The first kappa shape index (κ1) is 9.29. The number of benzene rings is 1. The molecule has 1 aromatic carbocycles. The van der Waals surface area contributed by atoms with Crippen molar-refractivity contribution in [3.8, 4) is 0 Å². The number of rotatable bonds is 0. The molecule has 0 amide bonds. The maximum absolute atomic E-state index is 4.12. The first-order valence-electron chi connectivity index (χ1n) is 3.12. The molecule has 0 saturated heterocycles. The van der Waals surface area contributed by atoms with Crippen LogP contribution < -0.4 is 51.4 Å². The fourth-order valence-corrected chi connectivity index (χ4v) is 0.910. The predicted octanol–water partition coefficient (Wildman–Crippen LogP) is -1.25. The van der Waals surface area contributed by atoms with Crippen LogP contribution in [0.15, 0.2) is 36.7 Å². The molecule has 0 aliphatic carbocycles. The summed E-state index contributed by atoms with van der Waals surface area (Å²) in [5, 5.41) is 0. The van der Waals surface area contributed by atoms with Gasteiger partial charge in [0, 0.05) is 12.4 Å². The second kappa shape index (κ2) is 4.28. The van der Waals surface area contributed by atoms with Gasteiger partial charge in [0.15, 0.2) is 0 Å². The average molecular weight is 170 g/mol. The molecule has 3 heteroatoms. The SMILES string of the molecule is [H-].[K+].c1ccc2nccnc2c1.